The van der Waals surface area contributed by atoms with E-state index in [-0.39, 0.29) is 28.7 Å². The number of hydrogen-bond acceptors (Lipinski definition) is 5. The van der Waals surface area contributed by atoms with Gasteiger partial charge in [-0.2, -0.15) is 11.8 Å². The van der Waals surface area contributed by atoms with Crippen molar-refractivity contribution in [2.24, 2.45) is 4.99 Å². The van der Waals surface area contributed by atoms with Crippen molar-refractivity contribution in [2.75, 3.05) is 51.7 Å². The molecule has 1 unspecified atom stereocenters. The zero-order valence-corrected chi connectivity index (χ0v) is 21.8. The molecule has 0 bridgehead atoms. The summed E-state index contributed by atoms with van der Waals surface area (Å²) in [4.78, 5) is 9.08. The monoisotopic (exact) mass is 552 g/mol. The Morgan fingerprint density at radius 1 is 1.28 bits per heavy atom. The highest BCUT2D eigenvalue weighted by molar-refractivity contribution is 14.0. The van der Waals surface area contributed by atoms with E-state index in [0.29, 0.717) is 6.04 Å². The molecular formula is C21H37IN4OS2. The van der Waals surface area contributed by atoms with E-state index in [4.69, 9.17) is 9.73 Å². The number of likely N-dealkylation sites (tertiary alicyclic amines) is 1. The predicted octanol–water partition coefficient (Wildman–Crippen LogP) is 4.36. The second-order valence-electron chi connectivity index (χ2n) is 7.58. The molecule has 2 fully saturated rings. The Morgan fingerprint density at radius 2 is 2.03 bits per heavy atom. The van der Waals surface area contributed by atoms with Gasteiger partial charge in [0.25, 0.3) is 0 Å². The Balaban J connectivity index is 0.00000300. The van der Waals surface area contributed by atoms with Crippen LogP contribution in [0.15, 0.2) is 22.5 Å². The predicted molar refractivity (Wildman–Crippen MR) is 138 cm³/mol. The third-order valence-electron chi connectivity index (χ3n) is 5.64. The maximum Gasteiger partial charge on any atom is 0.191 e. The molecule has 0 spiro atoms. The summed E-state index contributed by atoms with van der Waals surface area (Å²) >= 11 is 3.92. The van der Waals surface area contributed by atoms with E-state index >= 15 is 0 Å². The van der Waals surface area contributed by atoms with Crippen molar-refractivity contribution in [1.82, 2.24) is 15.5 Å². The molecule has 1 aromatic rings. The maximum atomic E-state index is 5.61. The summed E-state index contributed by atoms with van der Waals surface area (Å²) in [6.07, 6.45) is 4.82. The zero-order chi connectivity index (χ0) is 19.7. The van der Waals surface area contributed by atoms with Gasteiger partial charge in [-0.05, 0) is 62.9 Å². The van der Waals surface area contributed by atoms with E-state index in [2.05, 4.69) is 58.7 Å². The van der Waals surface area contributed by atoms with E-state index in [1.54, 1.807) is 0 Å². The molecule has 8 heteroatoms. The smallest absolute Gasteiger partial charge is 0.191 e. The lowest BCUT2D eigenvalue weighted by molar-refractivity contribution is 0.0793. The van der Waals surface area contributed by atoms with Crippen molar-refractivity contribution in [3.05, 3.63) is 22.4 Å². The highest BCUT2D eigenvalue weighted by Crippen LogP contribution is 2.35. The number of aliphatic imine (C=N–C) groups is 1. The molecule has 2 N–H and O–H groups in total. The van der Waals surface area contributed by atoms with Gasteiger partial charge in [-0.1, -0.05) is 13.0 Å². The number of rotatable bonds is 9. The summed E-state index contributed by atoms with van der Waals surface area (Å²) in [5.74, 6) is 2.08. The molecule has 1 atom stereocenters. The summed E-state index contributed by atoms with van der Waals surface area (Å²) in [6.45, 7) is 11.2. The van der Waals surface area contributed by atoms with Gasteiger partial charge in [-0.25, -0.2) is 0 Å². The standard InChI is InChI=1S/C21H36N4OS2.HI/c1-3-22-20(24-17-21(28-4-2)9-13-26-14-10-21)23-16-18(19-8-7-15-27-19)25-11-5-6-12-25;/h7-8,15,18H,3-6,9-14,16-17H2,1-2H3,(H2,22,23,24);1H. The molecule has 0 aliphatic carbocycles. The Morgan fingerprint density at radius 3 is 2.66 bits per heavy atom. The molecule has 0 aromatic carbocycles. The number of nitrogens with zero attached hydrogens (tertiary/aromatic N) is 2. The summed E-state index contributed by atoms with van der Waals surface area (Å²) in [7, 11) is 0. The van der Waals surface area contributed by atoms with E-state index in [1.165, 1.54) is 30.8 Å². The van der Waals surface area contributed by atoms with Crippen molar-refractivity contribution < 1.29 is 4.74 Å². The average Bonchev–Trinajstić information content (AvgIpc) is 3.42. The van der Waals surface area contributed by atoms with Crippen LogP contribution in [0.2, 0.25) is 0 Å². The summed E-state index contributed by atoms with van der Waals surface area (Å²) in [6, 6.07) is 4.88. The third kappa shape index (κ3) is 7.55. The van der Waals surface area contributed by atoms with Crippen LogP contribution in [0, 0.1) is 0 Å². The van der Waals surface area contributed by atoms with Crippen molar-refractivity contribution >= 4 is 53.0 Å². The van der Waals surface area contributed by atoms with E-state index in [0.717, 1.165) is 57.4 Å². The number of hydrogen-bond donors (Lipinski definition) is 2. The van der Waals surface area contributed by atoms with Crippen LogP contribution in [0.1, 0.15) is 50.4 Å². The lowest BCUT2D eigenvalue weighted by Gasteiger charge is -2.35. The highest BCUT2D eigenvalue weighted by Gasteiger charge is 2.32. The largest absolute Gasteiger partial charge is 0.381 e. The lowest BCUT2D eigenvalue weighted by atomic mass is 9.99. The second-order valence-corrected chi connectivity index (χ2v) is 10.3. The van der Waals surface area contributed by atoms with Crippen LogP contribution < -0.4 is 10.6 Å². The molecule has 166 valence electrons. The molecule has 0 saturated carbocycles. The van der Waals surface area contributed by atoms with Crippen LogP contribution in [0.3, 0.4) is 0 Å². The molecule has 5 nitrogen and oxygen atoms in total. The summed E-state index contributed by atoms with van der Waals surface area (Å²) in [5, 5.41) is 9.29. The van der Waals surface area contributed by atoms with Gasteiger partial charge >= 0.3 is 0 Å². The van der Waals surface area contributed by atoms with Gasteiger partial charge in [-0.3, -0.25) is 9.89 Å². The van der Waals surface area contributed by atoms with Gasteiger partial charge in [0.1, 0.15) is 0 Å². The van der Waals surface area contributed by atoms with Gasteiger partial charge in [0.15, 0.2) is 5.96 Å². The number of guanidine groups is 1. The highest BCUT2D eigenvalue weighted by atomic mass is 127. The zero-order valence-electron chi connectivity index (χ0n) is 17.8. The van der Waals surface area contributed by atoms with Crippen LogP contribution in [0.4, 0.5) is 0 Å². The fraction of sp³-hybridized carbons (Fsp3) is 0.762. The van der Waals surface area contributed by atoms with Crippen molar-refractivity contribution in [2.45, 2.75) is 50.3 Å². The number of ether oxygens (including phenoxy) is 1. The Bertz CT molecular complexity index is 582. The van der Waals surface area contributed by atoms with Crippen LogP contribution in [0.5, 0.6) is 0 Å². The average molecular weight is 553 g/mol. The number of thiophene rings is 1. The van der Waals surface area contributed by atoms with E-state index < -0.39 is 0 Å². The topological polar surface area (TPSA) is 48.9 Å². The summed E-state index contributed by atoms with van der Waals surface area (Å²) < 4.78 is 5.84. The molecule has 3 rings (SSSR count). The van der Waals surface area contributed by atoms with Crippen LogP contribution >= 0.6 is 47.1 Å². The van der Waals surface area contributed by atoms with Crippen molar-refractivity contribution in [3.8, 4) is 0 Å². The maximum absolute atomic E-state index is 5.61. The molecule has 0 amide bonds. The van der Waals surface area contributed by atoms with Gasteiger partial charge in [0.2, 0.25) is 0 Å². The first-order chi connectivity index (χ1) is 13.8. The van der Waals surface area contributed by atoms with Crippen LogP contribution in [0.25, 0.3) is 0 Å². The first kappa shape index (κ1) is 25.2. The van der Waals surface area contributed by atoms with Gasteiger partial charge in [0.05, 0.1) is 12.6 Å². The Hall–Kier alpha value is -0.0300. The first-order valence-electron chi connectivity index (χ1n) is 10.8. The minimum Gasteiger partial charge on any atom is -0.381 e. The van der Waals surface area contributed by atoms with Crippen molar-refractivity contribution in [1.29, 1.82) is 0 Å². The number of nitrogens with one attached hydrogen (secondary N) is 2. The second kappa shape index (κ2) is 13.4. The van der Waals surface area contributed by atoms with E-state index in [1.807, 2.05) is 11.3 Å². The molecule has 1 aromatic heterocycles. The Kier molecular flexibility index (Phi) is 11.7. The normalized spacial score (nSPS) is 20.8. The molecule has 3 heterocycles. The fourth-order valence-electron chi connectivity index (χ4n) is 4.10. The van der Waals surface area contributed by atoms with Gasteiger partial charge < -0.3 is 15.4 Å². The van der Waals surface area contributed by atoms with Crippen molar-refractivity contribution in [3.63, 3.8) is 0 Å². The number of halogens is 1. The molecule has 2 aliphatic heterocycles. The quantitative estimate of drug-likeness (QED) is 0.271. The minimum atomic E-state index is 0. The molecular weight excluding hydrogens is 515 g/mol. The van der Waals surface area contributed by atoms with Crippen LogP contribution in [-0.4, -0.2) is 67.3 Å². The van der Waals surface area contributed by atoms with Crippen LogP contribution in [-0.2, 0) is 4.74 Å². The molecule has 2 saturated heterocycles. The molecule has 2 aliphatic rings. The fourth-order valence-corrected chi connectivity index (χ4v) is 6.18. The molecule has 0 radical (unpaired) electrons. The van der Waals surface area contributed by atoms with Gasteiger partial charge in [0, 0.05) is 35.9 Å². The Labute approximate surface area is 201 Å². The minimum absolute atomic E-state index is 0. The number of thioether (sulfide) groups is 1. The molecule has 29 heavy (non-hydrogen) atoms. The first-order valence-corrected chi connectivity index (χ1v) is 12.6. The third-order valence-corrected chi connectivity index (χ3v) is 8.05. The lowest BCUT2D eigenvalue weighted by Crippen LogP contribution is -2.44. The van der Waals surface area contributed by atoms with E-state index in [9.17, 15) is 0 Å². The summed E-state index contributed by atoms with van der Waals surface area (Å²) in [5.41, 5.74) is 0. The van der Waals surface area contributed by atoms with Gasteiger partial charge in [-0.15, -0.1) is 35.3 Å². The SMILES string of the molecule is CCNC(=NCC1(SCC)CCOCC1)NCC(c1cccs1)N1CCCC1.I.